The van der Waals surface area contributed by atoms with E-state index in [1.54, 1.807) is 7.11 Å². The van der Waals surface area contributed by atoms with E-state index in [2.05, 4.69) is 13.0 Å². The Balaban J connectivity index is 2.67. The number of methoxy groups -OCH3 is 1. The first kappa shape index (κ1) is 10.6. The van der Waals surface area contributed by atoms with E-state index in [9.17, 15) is 0 Å². The van der Waals surface area contributed by atoms with Crippen molar-refractivity contribution in [3.63, 3.8) is 0 Å². The molecule has 1 rings (SSSR count). The topological polar surface area (TPSA) is 9.23 Å². The standard InChI is InChI=1S/C11H14ClO/c1-9-5-3-4-6-10(9)7-11(8-12)13-2/h3-6,11H,1,7-8H2,2H3. The van der Waals surface area contributed by atoms with Gasteiger partial charge in [0.1, 0.15) is 0 Å². The van der Waals surface area contributed by atoms with Gasteiger partial charge in [-0.2, -0.15) is 0 Å². The average Bonchev–Trinajstić information content (AvgIpc) is 2.17. The molecule has 1 aromatic rings. The quantitative estimate of drug-likeness (QED) is 0.675. The van der Waals surface area contributed by atoms with Crippen LogP contribution in [0, 0.1) is 6.92 Å². The molecular weight excluding hydrogens is 184 g/mol. The van der Waals surface area contributed by atoms with Gasteiger partial charge in [-0.25, -0.2) is 0 Å². The van der Waals surface area contributed by atoms with Crippen molar-refractivity contribution in [3.05, 3.63) is 42.3 Å². The molecule has 0 aliphatic rings. The zero-order chi connectivity index (χ0) is 9.68. The van der Waals surface area contributed by atoms with Crippen molar-refractivity contribution in [1.82, 2.24) is 0 Å². The molecule has 1 nitrogen and oxygen atoms in total. The molecule has 1 atom stereocenters. The van der Waals surface area contributed by atoms with Gasteiger partial charge < -0.3 is 4.74 Å². The maximum absolute atomic E-state index is 5.72. The summed E-state index contributed by atoms with van der Waals surface area (Å²) in [5.41, 5.74) is 2.25. The molecule has 2 heteroatoms. The Labute approximate surface area is 84.7 Å². The summed E-state index contributed by atoms with van der Waals surface area (Å²) in [7, 11) is 1.68. The number of benzene rings is 1. The van der Waals surface area contributed by atoms with Crippen LogP contribution in [-0.2, 0) is 11.2 Å². The first-order chi connectivity index (χ1) is 6.27. The highest BCUT2D eigenvalue weighted by atomic mass is 35.5. The minimum atomic E-state index is 0.0876. The minimum absolute atomic E-state index is 0.0876. The van der Waals surface area contributed by atoms with Crippen LogP contribution in [-0.4, -0.2) is 19.1 Å². The lowest BCUT2D eigenvalue weighted by Gasteiger charge is -2.13. The van der Waals surface area contributed by atoms with Crippen LogP contribution in [0.15, 0.2) is 24.3 Å². The zero-order valence-electron chi connectivity index (χ0n) is 7.79. The minimum Gasteiger partial charge on any atom is -0.380 e. The van der Waals surface area contributed by atoms with Crippen LogP contribution >= 0.6 is 11.6 Å². The molecule has 0 bridgehead atoms. The van der Waals surface area contributed by atoms with Gasteiger partial charge in [0.05, 0.1) is 6.10 Å². The van der Waals surface area contributed by atoms with E-state index in [-0.39, 0.29) is 6.10 Å². The van der Waals surface area contributed by atoms with Gasteiger partial charge in [-0.3, -0.25) is 0 Å². The van der Waals surface area contributed by atoms with Gasteiger partial charge in [0, 0.05) is 19.4 Å². The predicted octanol–water partition coefficient (Wildman–Crippen LogP) is 2.67. The molecule has 1 unspecified atom stereocenters. The summed E-state index contributed by atoms with van der Waals surface area (Å²) in [6.45, 7) is 3.94. The van der Waals surface area contributed by atoms with Gasteiger partial charge in [0.25, 0.3) is 0 Å². The Bertz CT molecular complexity index is 256. The fourth-order valence-electron chi connectivity index (χ4n) is 1.20. The summed E-state index contributed by atoms with van der Waals surface area (Å²) >= 11 is 5.72. The van der Waals surface area contributed by atoms with Crippen LogP contribution in [0.2, 0.25) is 0 Å². The number of halogens is 1. The van der Waals surface area contributed by atoms with Crippen LogP contribution in [0.4, 0.5) is 0 Å². The van der Waals surface area contributed by atoms with Gasteiger partial charge >= 0.3 is 0 Å². The van der Waals surface area contributed by atoms with E-state index >= 15 is 0 Å². The van der Waals surface area contributed by atoms with Crippen LogP contribution in [0.1, 0.15) is 11.1 Å². The summed E-state index contributed by atoms with van der Waals surface area (Å²) in [6.07, 6.45) is 0.921. The Morgan fingerprint density at radius 3 is 2.69 bits per heavy atom. The lowest BCUT2D eigenvalue weighted by molar-refractivity contribution is 0.121. The number of hydrogen-bond acceptors (Lipinski definition) is 1. The van der Waals surface area contributed by atoms with E-state index < -0.39 is 0 Å². The zero-order valence-corrected chi connectivity index (χ0v) is 8.55. The average molecular weight is 198 g/mol. The summed E-state index contributed by atoms with van der Waals surface area (Å²) in [6, 6.07) is 8.04. The lowest BCUT2D eigenvalue weighted by atomic mass is 10.0. The Kier molecular flexibility index (Phi) is 4.26. The summed E-state index contributed by atoms with van der Waals surface area (Å²) in [5, 5.41) is 0. The van der Waals surface area contributed by atoms with Gasteiger partial charge in [-0.05, 0) is 18.1 Å². The van der Waals surface area contributed by atoms with Crippen LogP contribution < -0.4 is 0 Å². The van der Waals surface area contributed by atoms with E-state index in [0.717, 1.165) is 12.0 Å². The van der Waals surface area contributed by atoms with Gasteiger partial charge in [0.15, 0.2) is 0 Å². The second-order valence-corrected chi connectivity index (χ2v) is 3.29. The molecule has 0 amide bonds. The Morgan fingerprint density at radius 1 is 1.46 bits per heavy atom. The first-order valence-corrected chi connectivity index (χ1v) is 4.80. The maximum Gasteiger partial charge on any atom is 0.0746 e. The van der Waals surface area contributed by atoms with Crippen LogP contribution in [0.5, 0.6) is 0 Å². The predicted molar refractivity (Wildman–Crippen MR) is 56.1 cm³/mol. The summed E-state index contributed by atoms with van der Waals surface area (Å²) in [4.78, 5) is 0. The molecule has 13 heavy (non-hydrogen) atoms. The normalized spacial score (nSPS) is 12.8. The fraction of sp³-hybridized carbons (Fsp3) is 0.364. The second-order valence-electron chi connectivity index (χ2n) is 2.98. The van der Waals surface area contributed by atoms with Crippen LogP contribution in [0.3, 0.4) is 0 Å². The van der Waals surface area contributed by atoms with Crippen molar-refractivity contribution in [2.75, 3.05) is 13.0 Å². The number of alkyl halides is 1. The molecule has 71 valence electrons. The molecule has 1 radical (unpaired) electrons. The van der Waals surface area contributed by atoms with Crippen molar-refractivity contribution in [1.29, 1.82) is 0 Å². The van der Waals surface area contributed by atoms with E-state index in [4.69, 9.17) is 16.3 Å². The summed E-state index contributed by atoms with van der Waals surface area (Å²) < 4.78 is 5.20. The number of ether oxygens (including phenoxy) is 1. The van der Waals surface area contributed by atoms with Crippen molar-refractivity contribution in [2.45, 2.75) is 12.5 Å². The van der Waals surface area contributed by atoms with Crippen molar-refractivity contribution >= 4 is 11.6 Å². The molecule has 0 fully saturated rings. The number of hydrogen-bond donors (Lipinski definition) is 0. The molecule has 0 saturated heterocycles. The van der Waals surface area contributed by atoms with E-state index in [0.29, 0.717) is 5.88 Å². The molecule has 0 saturated carbocycles. The maximum atomic E-state index is 5.72. The first-order valence-electron chi connectivity index (χ1n) is 4.26. The monoisotopic (exact) mass is 197 g/mol. The van der Waals surface area contributed by atoms with Crippen molar-refractivity contribution in [3.8, 4) is 0 Å². The van der Waals surface area contributed by atoms with Crippen molar-refractivity contribution in [2.24, 2.45) is 0 Å². The third-order valence-corrected chi connectivity index (χ3v) is 2.42. The van der Waals surface area contributed by atoms with Crippen molar-refractivity contribution < 1.29 is 4.74 Å². The summed E-state index contributed by atoms with van der Waals surface area (Å²) in [5.74, 6) is 0.519. The highest BCUT2D eigenvalue weighted by Gasteiger charge is 2.07. The molecular formula is C11H14ClO. The molecule has 0 N–H and O–H groups in total. The van der Waals surface area contributed by atoms with E-state index in [1.807, 2.05) is 18.2 Å². The Hall–Kier alpha value is -0.530. The van der Waals surface area contributed by atoms with Gasteiger partial charge in [-0.1, -0.05) is 24.3 Å². The molecule has 0 heterocycles. The third-order valence-electron chi connectivity index (χ3n) is 2.07. The highest BCUT2D eigenvalue weighted by molar-refractivity contribution is 6.18. The number of rotatable bonds is 4. The van der Waals surface area contributed by atoms with E-state index in [1.165, 1.54) is 5.56 Å². The van der Waals surface area contributed by atoms with Gasteiger partial charge in [0.2, 0.25) is 0 Å². The lowest BCUT2D eigenvalue weighted by Crippen LogP contribution is -2.16. The molecule has 0 aliphatic carbocycles. The molecule has 0 aliphatic heterocycles. The largest absolute Gasteiger partial charge is 0.380 e. The van der Waals surface area contributed by atoms with Crippen LogP contribution in [0.25, 0.3) is 0 Å². The third kappa shape index (κ3) is 3.02. The molecule has 1 aromatic carbocycles. The molecule has 0 spiro atoms. The second kappa shape index (κ2) is 5.25. The van der Waals surface area contributed by atoms with Gasteiger partial charge in [-0.15, -0.1) is 11.6 Å². The smallest absolute Gasteiger partial charge is 0.0746 e. The highest BCUT2D eigenvalue weighted by Crippen LogP contribution is 2.11. The SMILES string of the molecule is [CH2]c1ccccc1CC(CCl)OC. The Morgan fingerprint density at radius 2 is 2.15 bits per heavy atom. The molecule has 0 aromatic heterocycles. The fourth-order valence-corrected chi connectivity index (χ4v) is 1.44.